The van der Waals surface area contributed by atoms with Crippen molar-refractivity contribution in [1.29, 1.82) is 0 Å². The molecule has 2 heterocycles. The van der Waals surface area contributed by atoms with Crippen LogP contribution < -0.4 is 5.48 Å². The van der Waals surface area contributed by atoms with Gasteiger partial charge in [0.15, 0.2) is 18.1 Å². The zero-order valence-corrected chi connectivity index (χ0v) is 8.54. The van der Waals surface area contributed by atoms with Crippen LogP contribution in [0.15, 0.2) is 18.5 Å². The lowest BCUT2D eigenvalue weighted by Crippen LogP contribution is -2.13. The molecule has 2 rings (SSSR count). The van der Waals surface area contributed by atoms with Crippen molar-refractivity contribution in [3.05, 3.63) is 24.0 Å². The van der Waals surface area contributed by atoms with E-state index in [4.69, 9.17) is 9.94 Å². The van der Waals surface area contributed by atoms with Crippen LogP contribution in [0.4, 0.5) is 5.82 Å². The van der Waals surface area contributed by atoms with Gasteiger partial charge in [0.2, 0.25) is 0 Å². The number of aryl methyl sites for hydroxylation is 1. The van der Waals surface area contributed by atoms with Gasteiger partial charge in [-0.15, -0.1) is 0 Å². The molecule has 0 radical (unpaired) electrons. The highest BCUT2D eigenvalue weighted by molar-refractivity contribution is 5.68. The number of aromatic nitrogens is 3. The Kier molecular flexibility index (Phi) is 2.69. The second-order valence-corrected chi connectivity index (χ2v) is 3.23. The van der Waals surface area contributed by atoms with Crippen molar-refractivity contribution in [3.63, 3.8) is 0 Å². The minimum atomic E-state index is -1.05. The monoisotopic (exact) mass is 222 g/mol. The predicted octanol–water partition coefficient (Wildman–Crippen LogP) is 0.466. The van der Waals surface area contributed by atoms with E-state index in [1.807, 2.05) is 13.0 Å². The predicted molar refractivity (Wildman–Crippen MR) is 54.9 cm³/mol. The highest BCUT2D eigenvalue weighted by Gasteiger charge is 2.04. The van der Waals surface area contributed by atoms with Gasteiger partial charge in [-0.1, -0.05) is 0 Å². The highest BCUT2D eigenvalue weighted by atomic mass is 16.7. The van der Waals surface area contributed by atoms with Crippen LogP contribution in [0.2, 0.25) is 0 Å². The summed E-state index contributed by atoms with van der Waals surface area (Å²) in [5.74, 6) is -0.510. The Morgan fingerprint density at radius 3 is 3.19 bits per heavy atom. The Bertz CT molecular complexity index is 522. The Balaban J connectivity index is 2.22. The largest absolute Gasteiger partial charge is 0.479 e. The molecule has 2 aromatic rings. The van der Waals surface area contributed by atoms with Gasteiger partial charge in [-0.05, 0) is 24.6 Å². The highest BCUT2D eigenvalue weighted by Crippen LogP contribution is 2.12. The first-order valence-electron chi connectivity index (χ1n) is 4.57. The molecule has 0 spiro atoms. The van der Waals surface area contributed by atoms with Crippen LogP contribution in [-0.4, -0.2) is 32.3 Å². The molecule has 7 heteroatoms. The molecule has 0 atom stereocenters. The molecule has 0 fully saturated rings. The molecule has 0 aromatic carbocycles. The van der Waals surface area contributed by atoms with Crippen LogP contribution in [0.1, 0.15) is 5.56 Å². The lowest BCUT2D eigenvalue weighted by Gasteiger charge is -2.07. The Morgan fingerprint density at radius 1 is 1.62 bits per heavy atom. The molecule has 2 N–H and O–H groups in total. The molecule has 2 aromatic heterocycles. The first-order valence-corrected chi connectivity index (χ1v) is 4.57. The molecule has 84 valence electrons. The molecule has 0 saturated heterocycles. The van der Waals surface area contributed by atoms with E-state index in [1.54, 1.807) is 6.07 Å². The van der Waals surface area contributed by atoms with E-state index in [0.29, 0.717) is 11.5 Å². The van der Waals surface area contributed by atoms with Gasteiger partial charge in [-0.3, -0.25) is 4.84 Å². The SMILES string of the molecule is Cc1cc(NOCC(=O)O)n2ncnc2c1. The number of hydrogen-bond donors (Lipinski definition) is 2. The minimum absolute atomic E-state index is 0.426. The molecule has 16 heavy (non-hydrogen) atoms. The van der Waals surface area contributed by atoms with Crippen LogP contribution >= 0.6 is 0 Å². The molecular formula is C9H10N4O3. The van der Waals surface area contributed by atoms with Crippen molar-refractivity contribution in [3.8, 4) is 0 Å². The standard InChI is InChI=1S/C9H10N4O3/c1-6-2-7-10-5-11-13(7)8(3-6)12-16-4-9(14)15/h2-3,5,12H,4H2,1H3,(H,14,15). The van der Waals surface area contributed by atoms with E-state index in [2.05, 4.69) is 15.6 Å². The van der Waals surface area contributed by atoms with Crippen LogP contribution in [0.25, 0.3) is 5.65 Å². The number of anilines is 1. The number of carbonyl (C=O) groups is 1. The maximum absolute atomic E-state index is 10.3. The summed E-state index contributed by atoms with van der Waals surface area (Å²) in [7, 11) is 0. The number of carboxylic acid groups (broad SMARTS) is 1. The number of pyridine rings is 1. The first kappa shape index (κ1) is 10.4. The average Bonchev–Trinajstić information content (AvgIpc) is 2.64. The van der Waals surface area contributed by atoms with E-state index in [-0.39, 0.29) is 0 Å². The molecule has 0 aliphatic heterocycles. The minimum Gasteiger partial charge on any atom is -0.479 e. The number of fused-ring (bicyclic) bond motifs is 1. The summed E-state index contributed by atoms with van der Waals surface area (Å²) in [6, 6.07) is 3.64. The molecule has 0 saturated carbocycles. The number of rotatable bonds is 4. The molecule has 0 unspecified atom stereocenters. The second-order valence-electron chi connectivity index (χ2n) is 3.23. The molecular weight excluding hydrogens is 212 g/mol. The van der Waals surface area contributed by atoms with E-state index in [9.17, 15) is 4.79 Å². The summed E-state index contributed by atoms with van der Waals surface area (Å²) >= 11 is 0. The normalized spacial score (nSPS) is 10.6. The molecule has 0 amide bonds. The van der Waals surface area contributed by atoms with Gasteiger partial charge in [0.1, 0.15) is 6.33 Å². The lowest BCUT2D eigenvalue weighted by atomic mass is 10.3. The van der Waals surface area contributed by atoms with Gasteiger partial charge in [-0.25, -0.2) is 15.3 Å². The molecule has 0 aliphatic rings. The van der Waals surface area contributed by atoms with Crippen molar-refractivity contribution >= 4 is 17.4 Å². The summed E-state index contributed by atoms with van der Waals surface area (Å²) in [6.45, 7) is 1.47. The van der Waals surface area contributed by atoms with Crippen molar-refractivity contribution in [2.24, 2.45) is 0 Å². The smallest absolute Gasteiger partial charge is 0.332 e. The molecule has 0 aliphatic carbocycles. The number of hydrogen-bond acceptors (Lipinski definition) is 5. The van der Waals surface area contributed by atoms with Crippen LogP contribution in [-0.2, 0) is 9.63 Å². The number of nitrogens with zero attached hydrogens (tertiary/aromatic N) is 3. The summed E-state index contributed by atoms with van der Waals surface area (Å²) in [5.41, 5.74) is 4.17. The van der Waals surface area contributed by atoms with Crippen molar-refractivity contribution in [2.45, 2.75) is 6.92 Å². The van der Waals surface area contributed by atoms with Crippen LogP contribution in [0.5, 0.6) is 0 Å². The molecule has 7 nitrogen and oxygen atoms in total. The second kappa shape index (κ2) is 4.15. The Labute approximate surface area is 90.6 Å². The number of carboxylic acids is 1. The number of aliphatic carboxylic acids is 1. The fourth-order valence-electron chi connectivity index (χ4n) is 1.30. The van der Waals surface area contributed by atoms with Gasteiger partial charge >= 0.3 is 5.97 Å². The third-order valence-corrected chi connectivity index (χ3v) is 1.90. The fraction of sp³-hybridized carbons (Fsp3) is 0.222. The van der Waals surface area contributed by atoms with Gasteiger partial charge < -0.3 is 5.11 Å². The average molecular weight is 222 g/mol. The van der Waals surface area contributed by atoms with Gasteiger partial charge in [0.25, 0.3) is 0 Å². The maximum atomic E-state index is 10.3. The zero-order chi connectivity index (χ0) is 11.5. The third kappa shape index (κ3) is 2.09. The van der Waals surface area contributed by atoms with E-state index in [0.717, 1.165) is 5.56 Å². The quantitative estimate of drug-likeness (QED) is 0.731. The van der Waals surface area contributed by atoms with E-state index in [1.165, 1.54) is 10.8 Å². The first-order chi connectivity index (χ1) is 7.66. The topological polar surface area (TPSA) is 88.8 Å². The van der Waals surface area contributed by atoms with E-state index < -0.39 is 12.6 Å². The molecule has 0 bridgehead atoms. The van der Waals surface area contributed by atoms with Crippen molar-refractivity contribution < 1.29 is 14.7 Å². The van der Waals surface area contributed by atoms with Gasteiger partial charge in [0.05, 0.1) is 0 Å². The Hall–Kier alpha value is -2.15. The summed E-state index contributed by atoms with van der Waals surface area (Å²) < 4.78 is 1.52. The van der Waals surface area contributed by atoms with Gasteiger partial charge in [0, 0.05) is 0 Å². The fourth-order valence-corrected chi connectivity index (χ4v) is 1.30. The van der Waals surface area contributed by atoms with Crippen molar-refractivity contribution in [1.82, 2.24) is 14.6 Å². The van der Waals surface area contributed by atoms with E-state index >= 15 is 0 Å². The summed E-state index contributed by atoms with van der Waals surface area (Å²) in [6.07, 6.45) is 1.41. The Morgan fingerprint density at radius 2 is 2.44 bits per heavy atom. The van der Waals surface area contributed by atoms with Crippen LogP contribution in [0, 0.1) is 6.92 Å². The van der Waals surface area contributed by atoms with Crippen molar-refractivity contribution in [2.75, 3.05) is 12.1 Å². The zero-order valence-electron chi connectivity index (χ0n) is 8.54. The number of nitrogens with one attached hydrogen (secondary N) is 1. The lowest BCUT2D eigenvalue weighted by molar-refractivity contribution is -0.141. The van der Waals surface area contributed by atoms with Crippen LogP contribution in [0.3, 0.4) is 0 Å². The maximum Gasteiger partial charge on any atom is 0.332 e. The summed E-state index contributed by atoms with van der Waals surface area (Å²) in [4.78, 5) is 19.1. The van der Waals surface area contributed by atoms with Gasteiger partial charge in [-0.2, -0.15) is 9.61 Å². The third-order valence-electron chi connectivity index (χ3n) is 1.90. The summed E-state index contributed by atoms with van der Waals surface area (Å²) in [5, 5.41) is 12.4.